The molecule has 6 heteroatoms. The highest BCUT2D eigenvalue weighted by Gasteiger charge is 2.42. The summed E-state index contributed by atoms with van der Waals surface area (Å²) in [4.78, 5) is 25.8. The summed E-state index contributed by atoms with van der Waals surface area (Å²) in [5.74, 6) is -1.29. The van der Waals surface area contributed by atoms with E-state index in [0.717, 1.165) is 5.56 Å². The van der Waals surface area contributed by atoms with Gasteiger partial charge in [-0.15, -0.1) is 12.6 Å². The van der Waals surface area contributed by atoms with Crippen molar-refractivity contribution < 1.29 is 23.8 Å². The van der Waals surface area contributed by atoms with Gasteiger partial charge in [0.1, 0.15) is 12.7 Å². The fourth-order valence-electron chi connectivity index (χ4n) is 3.67. The Morgan fingerprint density at radius 3 is 2.00 bits per heavy atom. The molecule has 5 nitrogen and oxygen atoms in total. The monoisotopic (exact) mass is 460 g/mol. The van der Waals surface area contributed by atoms with E-state index in [2.05, 4.69) is 12.6 Å². The Morgan fingerprint density at radius 2 is 1.39 bits per heavy atom. The lowest BCUT2D eigenvalue weighted by molar-refractivity contribution is 0.00716. The van der Waals surface area contributed by atoms with Crippen molar-refractivity contribution in [3.05, 3.63) is 113 Å². The molecule has 0 N–H and O–H groups in total. The largest absolute Gasteiger partial charge is 0.462 e. The number of ether oxygens (including phenoxy) is 3. The molecule has 0 aromatic heterocycles. The lowest BCUT2D eigenvalue weighted by Gasteiger charge is -2.23. The first kappa shape index (κ1) is 22.8. The minimum absolute atomic E-state index is 0.0256. The van der Waals surface area contributed by atoms with E-state index in [1.165, 1.54) is 0 Å². The van der Waals surface area contributed by atoms with E-state index in [1.54, 1.807) is 48.5 Å². The van der Waals surface area contributed by atoms with Gasteiger partial charge in [-0.3, -0.25) is 0 Å². The molecule has 4 rings (SSSR count). The maximum Gasteiger partial charge on any atom is 0.338 e. The maximum absolute atomic E-state index is 12.7. The minimum Gasteiger partial charge on any atom is -0.462 e. The average Bonchev–Trinajstić information content (AvgIpc) is 3.26. The van der Waals surface area contributed by atoms with Crippen LogP contribution in [0.25, 0.3) is 6.08 Å². The van der Waals surface area contributed by atoms with Crippen LogP contribution in [0.3, 0.4) is 0 Å². The van der Waals surface area contributed by atoms with Gasteiger partial charge in [-0.25, -0.2) is 9.59 Å². The highest BCUT2D eigenvalue weighted by molar-refractivity contribution is 7.84. The van der Waals surface area contributed by atoms with Crippen molar-refractivity contribution in [2.75, 3.05) is 13.2 Å². The van der Waals surface area contributed by atoms with E-state index in [9.17, 15) is 9.59 Å². The normalized spacial score (nSPS) is 20.3. The zero-order valence-electron chi connectivity index (χ0n) is 17.9. The second-order valence-electron chi connectivity index (χ2n) is 7.67. The number of hydrogen-bond acceptors (Lipinski definition) is 6. The Bertz CT molecular complexity index is 1100. The number of hydrogen-bond donors (Lipinski definition) is 1. The summed E-state index contributed by atoms with van der Waals surface area (Å²) in [5.41, 5.74) is 1.87. The summed E-state index contributed by atoms with van der Waals surface area (Å²) in [6, 6.07) is 27.3. The topological polar surface area (TPSA) is 61.8 Å². The first-order valence-corrected chi connectivity index (χ1v) is 11.1. The lowest BCUT2D eigenvalue weighted by atomic mass is 9.98. The number of thiol groups is 1. The molecule has 0 amide bonds. The summed E-state index contributed by atoms with van der Waals surface area (Å²) in [6.07, 6.45) is 0.838. The Kier molecular flexibility index (Phi) is 7.60. The van der Waals surface area contributed by atoms with Crippen LogP contribution < -0.4 is 0 Å². The summed E-state index contributed by atoms with van der Waals surface area (Å²) in [5, 5.41) is 0. The lowest BCUT2D eigenvalue weighted by Crippen LogP contribution is -2.33. The van der Waals surface area contributed by atoms with E-state index in [1.807, 2.05) is 48.5 Å². The fourth-order valence-corrected chi connectivity index (χ4v) is 4.09. The highest BCUT2D eigenvalue weighted by atomic mass is 32.1. The molecule has 1 fully saturated rings. The van der Waals surface area contributed by atoms with Gasteiger partial charge >= 0.3 is 11.9 Å². The van der Waals surface area contributed by atoms with Gasteiger partial charge in [-0.05, 0) is 35.9 Å². The smallest absolute Gasteiger partial charge is 0.338 e. The SMILES string of the molecule is O=C(OC[C@H]1[C@@H](/C(S)=C/c2ccccc2)OC[C@H]1OC(=O)c1ccccc1)c1ccccc1. The first-order valence-electron chi connectivity index (χ1n) is 10.7. The Morgan fingerprint density at radius 1 is 0.848 bits per heavy atom. The summed E-state index contributed by atoms with van der Waals surface area (Å²) >= 11 is 4.67. The minimum atomic E-state index is -0.586. The third-order valence-corrected chi connectivity index (χ3v) is 5.78. The zero-order chi connectivity index (χ0) is 23.0. The predicted octanol–water partition coefficient (Wildman–Crippen LogP) is 5.05. The zero-order valence-corrected chi connectivity index (χ0v) is 18.8. The summed E-state index contributed by atoms with van der Waals surface area (Å²) in [7, 11) is 0. The third kappa shape index (κ3) is 5.92. The van der Waals surface area contributed by atoms with Gasteiger partial charge in [0.05, 0.1) is 29.8 Å². The van der Waals surface area contributed by atoms with E-state index in [4.69, 9.17) is 14.2 Å². The molecule has 3 atom stereocenters. The molecule has 0 bridgehead atoms. The number of carbonyl (C=O) groups excluding carboxylic acids is 2. The van der Waals surface area contributed by atoms with Gasteiger partial charge in [-0.1, -0.05) is 66.7 Å². The molecule has 0 unspecified atom stereocenters. The number of rotatable bonds is 7. The maximum atomic E-state index is 12.7. The number of benzene rings is 3. The Balaban J connectivity index is 1.52. The molecule has 1 aliphatic heterocycles. The molecule has 0 aliphatic carbocycles. The van der Waals surface area contributed by atoms with Crippen LogP contribution in [-0.2, 0) is 14.2 Å². The Labute approximate surface area is 198 Å². The van der Waals surface area contributed by atoms with Crippen LogP contribution >= 0.6 is 12.6 Å². The van der Waals surface area contributed by atoms with Crippen molar-refractivity contribution in [3.63, 3.8) is 0 Å². The molecule has 1 aliphatic rings. The molecule has 1 saturated heterocycles. The van der Waals surface area contributed by atoms with Gasteiger partial charge < -0.3 is 14.2 Å². The van der Waals surface area contributed by atoms with Crippen LogP contribution in [0.1, 0.15) is 26.3 Å². The average molecular weight is 461 g/mol. The molecule has 168 valence electrons. The van der Waals surface area contributed by atoms with Gasteiger partial charge in [0.2, 0.25) is 0 Å². The first-order chi connectivity index (χ1) is 16.1. The van der Waals surface area contributed by atoms with Gasteiger partial charge in [0.25, 0.3) is 0 Å². The molecule has 33 heavy (non-hydrogen) atoms. The van der Waals surface area contributed by atoms with Crippen molar-refractivity contribution in [3.8, 4) is 0 Å². The van der Waals surface area contributed by atoms with Crippen molar-refractivity contribution in [1.82, 2.24) is 0 Å². The van der Waals surface area contributed by atoms with Crippen LogP contribution in [0.2, 0.25) is 0 Å². The summed E-state index contributed by atoms with van der Waals surface area (Å²) in [6.45, 7) is 0.210. The molecular weight excluding hydrogens is 436 g/mol. The van der Waals surface area contributed by atoms with E-state index in [-0.39, 0.29) is 13.2 Å². The molecule has 0 radical (unpaired) electrons. The van der Waals surface area contributed by atoms with Crippen LogP contribution in [0, 0.1) is 5.92 Å². The molecule has 0 spiro atoms. The molecule has 1 heterocycles. The van der Waals surface area contributed by atoms with Crippen molar-refractivity contribution in [1.29, 1.82) is 0 Å². The molecule has 3 aromatic rings. The summed E-state index contributed by atoms with van der Waals surface area (Å²) < 4.78 is 17.3. The number of esters is 2. The third-order valence-electron chi connectivity index (χ3n) is 5.40. The van der Waals surface area contributed by atoms with Crippen molar-refractivity contribution >= 4 is 30.6 Å². The van der Waals surface area contributed by atoms with E-state index in [0.29, 0.717) is 16.0 Å². The van der Waals surface area contributed by atoms with E-state index < -0.39 is 30.1 Å². The molecule has 3 aromatic carbocycles. The molecule has 0 saturated carbocycles. The number of carbonyl (C=O) groups is 2. The van der Waals surface area contributed by atoms with Crippen LogP contribution in [0.15, 0.2) is 95.9 Å². The molecular formula is C27H24O5S. The van der Waals surface area contributed by atoms with Crippen LogP contribution in [-0.4, -0.2) is 37.4 Å². The Hall–Kier alpha value is -3.35. The highest BCUT2D eigenvalue weighted by Crippen LogP contribution is 2.33. The van der Waals surface area contributed by atoms with Gasteiger partial charge in [0, 0.05) is 4.91 Å². The standard InChI is InChI=1S/C27H24O5S/c28-26(20-12-6-2-7-13-20)31-17-22-23(32-27(29)21-14-8-3-9-15-21)18-30-25(22)24(33)16-19-10-4-1-5-11-19/h1-16,22-23,25,33H,17-18H2/b24-16-/t22-,23-,25+/m1/s1. The van der Waals surface area contributed by atoms with Crippen LogP contribution in [0.5, 0.6) is 0 Å². The predicted molar refractivity (Wildman–Crippen MR) is 129 cm³/mol. The van der Waals surface area contributed by atoms with E-state index >= 15 is 0 Å². The quantitative estimate of drug-likeness (QED) is 0.395. The van der Waals surface area contributed by atoms with Crippen molar-refractivity contribution in [2.45, 2.75) is 12.2 Å². The van der Waals surface area contributed by atoms with Gasteiger partial charge in [0.15, 0.2) is 0 Å². The van der Waals surface area contributed by atoms with Gasteiger partial charge in [-0.2, -0.15) is 0 Å². The fraction of sp³-hybridized carbons (Fsp3) is 0.185. The second-order valence-corrected chi connectivity index (χ2v) is 8.19. The van der Waals surface area contributed by atoms with Crippen molar-refractivity contribution in [2.24, 2.45) is 5.92 Å². The van der Waals surface area contributed by atoms with Crippen LogP contribution in [0.4, 0.5) is 0 Å². The second kappa shape index (κ2) is 11.0.